The van der Waals surface area contributed by atoms with Gasteiger partial charge in [-0.05, 0) is 62.2 Å². The lowest BCUT2D eigenvalue weighted by Crippen LogP contribution is -2.36. The summed E-state index contributed by atoms with van der Waals surface area (Å²) in [7, 11) is 1.52. The Labute approximate surface area is 164 Å². The van der Waals surface area contributed by atoms with E-state index < -0.39 is 0 Å². The van der Waals surface area contributed by atoms with Crippen molar-refractivity contribution in [3.63, 3.8) is 0 Å². The Morgan fingerprint density at radius 1 is 1.38 bits per heavy atom. The van der Waals surface area contributed by atoms with E-state index in [0.29, 0.717) is 23.2 Å². The van der Waals surface area contributed by atoms with Crippen LogP contribution < -0.4 is 10.1 Å². The van der Waals surface area contributed by atoms with Gasteiger partial charge >= 0.3 is 0 Å². The predicted octanol–water partition coefficient (Wildman–Crippen LogP) is 3.77. The molecule has 2 heterocycles. The predicted molar refractivity (Wildman–Crippen MR) is 108 cm³/mol. The molecule has 7 heteroatoms. The quantitative estimate of drug-likeness (QED) is 0.780. The summed E-state index contributed by atoms with van der Waals surface area (Å²) in [6, 6.07) is 9.58. The van der Waals surface area contributed by atoms with Crippen LogP contribution in [-0.2, 0) is 0 Å². The van der Waals surface area contributed by atoms with Gasteiger partial charge in [0.05, 0.1) is 12.0 Å². The molecule has 1 atom stereocenters. The highest BCUT2D eigenvalue weighted by Crippen LogP contribution is 2.34. The van der Waals surface area contributed by atoms with Crippen molar-refractivity contribution < 1.29 is 14.6 Å². The molecule has 2 aromatic rings. The second-order valence-corrected chi connectivity index (χ2v) is 7.42. The van der Waals surface area contributed by atoms with Crippen molar-refractivity contribution in [3.8, 4) is 21.9 Å². The molecular weight excluding hydrogens is 372 g/mol. The summed E-state index contributed by atoms with van der Waals surface area (Å²) in [4.78, 5) is 16.4. The third-order valence-electron chi connectivity index (χ3n) is 4.67. The lowest BCUT2D eigenvalue weighted by molar-refractivity contribution is 0.0951. The maximum Gasteiger partial charge on any atom is 0.261 e. The number of hydrogen-bond acceptors (Lipinski definition) is 5. The van der Waals surface area contributed by atoms with E-state index in [-0.39, 0.29) is 24.1 Å². The average molecular weight is 397 g/mol. The number of aromatic hydroxyl groups is 1. The molecule has 26 heavy (non-hydrogen) atoms. The number of thiophene rings is 1. The van der Waals surface area contributed by atoms with E-state index in [4.69, 9.17) is 4.74 Å². The number of carbonyl (C=O) groups is 1. The van der Waals surface area contributed by atoms with Gasteiger partial charge in [0, 0.05) is 24.0 Å². The van der Waals surface area contributed by atoms with Crippen LogP contribution >= 0.6 is 23.7 Å². The first-order chi connectivity index (χ1) is 12.1. The minimum atomic E-state index is -0.0335. The number of benzene rings is 1. The zero-order valence-electron chi connectivity index (χ0n) is 15.0. The molecular formula is C19H25ClN2O3S. The van der Waals surface area contributed by atoms with Crippen LogP contribution in [0, 0.1) is 0 Å². The van der Waals surface area contributed by atoms with E-state index in [9.17, 15) is 9.90 Å². The lowest BCUT2D eigenvalue weighted by Gasteiger charge is -2.20. The van der Waals surface area contributed by atoms with Crippen molar-refractivity contribution in [3.05, 3.63) is 35.2 Å². The van der Waals surface area contributed by atoms with Crippen molar-refractivity contribution in [2.24, 2.45) is 0 Å². The Bertz CT molecular complexity index is 750. The average Bonchev–Trinajstić information content (AvgIpc) is 3.25. The van der Waals surface area contributed by atoms with Crippen LogP contribution in [0.5, 0.6) is 11.5 Å². The second-order valence-electron chi connectivity index (χ2n) is 6.33. The van der Waals surface area contributed by atoms with Gasteiger partial charge in [-0.25, -0.2) is 0 Å². The number of amides is 1. The minimum Gasteiger partial charge on any atom is -0.504 e. The van der Waals surface area contributed by atoms with Gasteiger partial charge in [-0.2, -0.15) is 0 Å². The maximum atomic E-state index is 12.3. The maximum absolute atomic E-state index is 12.3. The van der Waals surface area contributed by atoms with E-state index in [1.54, 1.807) is 12.1 Å². The van der Waals surface area contributed by atoms with Gasteiger partial charge in [-0.3, -0.25) is 9.69 Å². The molecule has 0 aliphatic carbocycles. The largest absolute Gasteiger partial charge is 0.504 e. The molecule has 5 nitrogen and oxygen atoms in total. The molecule has 0 radical (unpaired) electrons. The summed E-state index contributed by atoms with van der Waals surface area (Å²) in [5.74, 6) is 0.502. The van der Waals surface area contributed by atoms with Crippen molar-refractivity contribution in [1.82, 2.24) is 10.2 Å². The summed E-state index contributed by atoms with van der Waals surface area (Å²) >= 11 is 1.44. The fraction of sp³-hybridized carbons (Fsp3) is 0.421. The summed E-state index contributed by atoms with van der Waals surface area (Å²) in [5.41, 5.74) is 0.921. The molecule has 1 aromatic heterocycles. The molecule has 1 unspecified atom stereocenters. The summed E-state index contributed by atoms with van der Waals surface area (Å²) in [6.45, 7) is 4.94. The highest BCUT2D eigenvalue weighted by atomic mass is 35.5. The van der Waals surface area contributed by atoms with Crippen LogP contribution in [0.1, 0.15) is 29.4 Å². The number of likely N-dealkylation sites (tertiary alicyclic amines) is 1. The zero-order valence-corrected chi connectivity index (χ0v) is 16.7. The van der Waals surface area contributed by atoms with Gasteiger partial charge in [-0.15, -0.1) is 23.7 Å². The third-order valence-corrected chi connectivity index (χ3v) is 5.80. The first-order valence-corrected chi connectivity index (χ1v) is 9.39. The fourth-order valence-electron chi connectivity index (χ4n) is 3.17. The van der Waals surface area contributed by atoms with E-state index in [1.165, 1.54) is 31.3 Å². The van der Waals surface area contributed by atoms with E-state index in [1.807, 2.05) is 18.2 Å². The monoisotopic (exact) mass is 396 g/mol. The molecule has 1 fully saturated rings. The number of nitrogens with zero attached hydrogens (tertiary/aromatic N) is 1. The minimum absolute atomic E-state index is 0. The van der Waals surface area contributed by atoms with Crippen molar-refractivity contribution in [1.29, 1.82) is 0 Å². The van der Waals surface area contributed by atoms with E-state index >= 15 is 0 Å². The Kier molecular flexibility index (Phi) is 7.32. The SMILES string of the molecule is COc1cc(-c2ccc(C(=O)NCCN3CCCC3C)s2)ccc1O.Cl. The van der Waals surface area contributed by atoms with Crippen LogP contribution in [-0.4, -0.2) is 48.7 Å². The van der Waals surface area contributed by atoms with Gasteiger partial charge in [0.15, 0.2) is 11.5 Å². The molecule has 0 spiro atoms. The van der Waals surface area contributed by atoms with Gasteiger partial charge in [0.25, 0.3) is 5.91 Å². The molecule has 1 aliphatic heterocycles. The number of phenolic OH excluding ortho intramolecular Hbond substituents is 1. The standard InChI is InChI=1S/C19H24N2O3S.ClH/c1-13-4-3-10-21(13)11-9-20-19(23)18-8-7-17(25-18)14-5-6-15(22)16(12-14)24-2;/h5-8,12-13,22H,3-4,9-11H2,1-2H3,(H,20,23);1H. The number of phenols is 1. The number of rotatable bonds is 6. The van der Waals surface area contributed by atoms with Gasteiger partial charge in [-0.1, -0.05) is 0 Å². The van der Waals surface area contributed by atoms with E-state index in [2.05, 4.69) is 17.1 Å². The molecule has 2 N–H and O–H groups in total. The lowest BCUT2D eigenvalue weighted by atomic mass is 10.1. The first kappa shape index (κ1) is 20.6. The normalized spacial score (nSPS) is 16.9. The number of halogens is 1. The van der Waals surface area contributed by atoms with Gasteiger partial charge in [0.2, 0.25) is 0 Å². The van der Waals surface area contributed by atoms with Crippen molar-refractivity contribution in [2.45, 2.75) is 25.8 Å². The molecule has 0 saturated carbocycles. The zero-order chi connectivity index (χ0) is 17.8. The van der Waals surface area contributed by atoms with Crippen LogP contribution in [0.15, 0.2) is 30.3 Å². The molecule has 1 aliphatic rings. The molecule has 142 valence electrons. The molecule has 0 bridgehead atoms. The van der Waals surface area contributed by atoms with Crippen LogP contribution in [0.3, 0.4) is 0 Å². The Morgan fingerprint density at radius 2 is 2.19 bits per heavy atom. The second kappa shape index (κ2) is 9.26. The van der Waals surface area contributed by atoms with Crippen molar-refractivity contribution >= 4 is 29.7 Å². The molecule has 1 amide bonds. The summed E-state index contributed by atoms with van der Waals surface area (Å²) in [5, 5.41) is 12.7. The fourth-order valence-corrected chi connectivity index (χ4v) is 4.09. The third kappa shape index (κ3) is 4.69. The van der Waals surface area contributed by atoms with E-state index in [0.717, 1.165) is 23.5 Å². The Balaban J connectivity index is 0.00000243. The summed E-state index contributed by atoms with van der Waals surface area (Å²) in [6.07, 6.45) is 2.50. The number of methoxy groups -OCH3 is 1. The van der Waals surface area contributed by atoms with Crippen LogP contribution in [0.4, 0.5) is 0 Å². The first-order valence-electron chi connectivity index (χ1n) is 8.58. The van der Waals surface area contributed by atoms with Gasteiger partial charge in [0.1, 0.15) is 0 Å². The van der Waals surface area contributed by atoms with Crippen LogP contribution in [0.2, 0.25) is 0 Å². The molecule has 1 aromatic carbocycles. The molecule has 1 saturated heterocycles. The van der Waals surface area contributed by atoms with Crippen LogP contribution in [0.25, 0.3) is 10.4 Å². The Morgan fingerprint density at radius 3 is 2.88 bits per heavy atom. The smallest absolute Gasteiger partial charge is 0.261 e. The highest BCUT2D eigenvalue weighted by Gasteiger charge is 2.19. The van der Waals surface area contributed by atoms with Crippen molar-refractivity contribution in [2.75, 3.05) is 26.7 Å². The number of hydrogen-bond donors (Lipinski definition) is 2. The topological polar surface area (TPSA) is 61.8 Å². The number of ether oxygens (including phenoxy) is 1. The molecule has 3 rings (SSSR count). The number of carbonyl (C=O) groups excluding carboxylic acids is 1. The number of nitrogens with one attached hydrogen (secondary N) is 1. The Hall–Kier alpha value is -1.76. The summed E-state index contributed by atoms with van der Waals surface area (Å²) < 4.78 is 5.14. The highest BCUT2D eigenvalue weighted by molar-refractivity contribution is 7.17. The van der Waals surface area contributed by atoms with Gasteiger partial charge < -0.3 is 15.2 Å².